The summed E-state index contributed by atoms with van der Waals surface area (Å²) in [4.78, 5) is 3.86. The van der Waals surface area contributed by atoms with Gasteiger partial charge in [0, 0.05) is 48.5 Å². The van der Waals surface area contributed by atoms with Gasteiger partial charge in [-0.05, 0) is 6.92 Å². The summed E-state index contributed by atoms with van der Waals surface area (Å²) in [5.74, 6) is 0. The molecule has 1 aromatic heterocycles. The maximum atomic E-state index is 3.86. The van der Waals surface area contributed by atoms with Crippen molar-refractivity contribution < 1.29 is 0 Å². The Bertz CT molecular complexity index is 125. The van der Waals surface area contributed by atoms with Gasteiger partial charge in [0.2, 0.25) is 0 Å². The van der Waals surface area contributed by atoms with Gasteiger partial charge < -0.3 is 4.57 Å². The zero-order chi connectivity index (χ0) is 5.11. The molecule has 0 aliphatic carbocycles. The Balaban J connectivity index is 0.000000490. The van der Waals surface area contributed by atoms with Gasteiger partial charge in [-0.15, -0.1) is 0 Å². The predicted octanol–water partition coefficient (Wildman–Crippen LogP) is 0.522. The van der Waals surface area contributed by atoms with Gasteiger partial charge >= 0.3 is 0 Å². The second-order valence-electron chi connectivity index (χ2n) is 1.39. The molecule has 0 atom stereocenters. The molecule has 0 aliphatic heterocycles. The molecular weight excluding hydrogens is 111 g/mol. The van der Waals surface area contributed by atoms with Gasteiger partial charge in [0.25, 0.3) is 0 Å². The molecule has 0 unspecified atom stereocenters. The zero-order valence-corrected chi connectivity index (χ0v) is 7.33. The number of imidazole rings is 1. The third kappa shape index (κ3) is 1.99. The number of nitrogens with zero attached hydrogens (tertiary/aromatic N) is 2. The fourth-order valence-electron chi connectivity index (χ4n) is 0.474. The molecule has 0 amide bonds. The second-order valence-corrected chi connectivity index (χ2v) is 1.39. The molecule has 1 rings (SSSR count). The second kappa shape index (κ2) is 4.13. The monoisotopic (exact) mass is 119 g/mol. The average Bonchev–Trinajstić information content (AvgIpc) is 2.14. The van der Waals surface area contributed by atoms with E-state index in [1.54, 1.807) is 12.5 Å². The standard InChI is InChI=1S/C5H8N2.Na/c1-2-7-4-3-6-5-7;/h3-5H,2H2,1H3;. The van der Waals surface area contributed by atoms with E-state index in [1.165, 1.54) is 0 Å². The molecule has 0 N–H and O–H groups in total. The van der Waals surface area contributed by atoms with Crippen LogP contribution in [-0.2, 0) is 6.54 Å². The molecule has 8 heavy (non-hydrogen) atoms. The van der Waals surface area contributed by atoms with Gasteiger partial charge in [0.15, 0.2) is 0 Å². The molecule has 0 fully saturated rings. The molecule has 0 aliphatic rings. The van der Waals surface area contributed by atoms with Gasteiger partial charge in [-0.25, -0.2) is 4.98 Å². The van der Waals surface area contributed by atoms with Crippen molar-refractivity contribution in [2.75, 3.05) is 0 Å². The molecule has 2 nitrogen and oxygen atoms in total. The molecule has 1 aromatic rings. The summed E-state index contributed by atoms with van der Waals surface area (Å²) >= 11 is 0. The minimum Gasteiger partial charge on any atom is -0.338 e. The number of hydrogen-bond acceptors (Lipinski definition) is 1. The van der Waals surface area contributed by atoms with Crippen molar-refractivity contribution in [1.82, 2.24) is 9.55 Å². The Labute approximate surface area is 71.2 Å². The molecule has 0 saturated heterocycles. The third-order valence-corrected chi connectivity index (χ3v) is 0.924. The van der Waals surface area contributed by atoms with Crippen LogP contribution >= 0.6 is 0 Å². The number of aromatic nitrogens is 2. The summed E-state index contributed by atoms with van der Waals surface area (Å²) in [5, 5.41) is 0. The molecule has 3 heteroatoms. The van der Waals surface area contributed by atoms with Crippen molar-refractivity contribution in [3.05, 3.63) is 18.7 Å². The number of rotatable bonds is 1. The first kappa shape index (κ1) is 8.21. The fourth-order valence-corrected chi connectivity index (χ4v) is 0.474. The van der Waals surface area contributed by atoms with E-state index in [-0.39, 0.29) is 29.6 Å². The van der Waals surface area contributed by atoms with E-state index in [0.717, 1.165) is 6.54 Å². The van der Waals surface area contributed by atoms with E-state index in [2.05, 4.69) is 11.9 Å². The molecule has 0 spiro atoms. The van der Waals surface area contributed by atoms with E-state index in [4.69, 9.17) is 0 Å². The Kier molecular flexibility index (Phi) is 4.23. The van der Waals surface area contributed by atoms with Crippen molar-refractivity contribution in [3.63, 3.8) is 0 Å². The van der Waals surface area contributed by atoms with Gasteiger partial charge in [-0.3, -0.25) is 0 Å². The Morgan fingerprint density at radius 1 is 1.62 bits per heavy atom. The normalized spacial score (nSPS) is 8.12. The van der Waals surface area contributed by atoms with Crippen LogP contribution in [0.4, 0.5) is 0 Å². The van der Waals surface area contributed by atoms with Crippen LogP contribution < -0.4 is 0 Å². The topological polar surface area (TPSA) is 17.8 Å². The zero-order valence-electron chi connectivity index (χ0n) is 5.33. The van der Waals surface area contributed by atoms with Crippen molar-refractivity contribution in [2.24, 2.45) is 0 Å². The molecule has 39 valence electrons. The van der Waals surface area contributed by atoms with Gasteiger partial charge in [-0.2, -0.15) is 0 Å². The van der Waals surface area contributed by atoms with Gasteiger partial charge in [-0.1, -0.05) is 0 Å². The van der Waals surface area contributed by atoms with Crippen molar-refractivity contribution in [1.29, 1.82) is 0 Å². The van der Waals surface area contributed by atoms with E-state index >= 15 is 0 Å². The third-order valence-electron chi connectivity index (χ3n) is 0.924. The van der Waals surface area contributed by atoms with Crippen LogP contribution in [0.3, 0.4) is 0 Å². The molecule has 1 heterocycles. The van der Waals surface area contributed by atoms with Crippen LogP contribution in [0.25, 0.3) is 0 Å². The first-order valence-corrected chi connectivity index (χ1v) is 2.39. The van der Waals surface area contributed by atoms with Crippen LogP contribution in [0.2, 0.25) is 0 Å². The average molecular weight is 119 g/mol. The van der Waals surface area contributed by atoms with Crippen molar-refractivity contribution in [2.45, 2.75) is 13.5 Å². The van der Waals surface area contributed by atoms with Crippen LogP contribution in [0.1, 0.15) is 6.92 Å². The Morgan fingerprint density at radius 2 is 2.38 bits per heavy atom. The molecule has 0 saturated carbocycles. The predicted molar refractivity (Wildman–Crippen MR) is 33.7 cm³/mol. The Hall–Kier alpha value is 0.210. The van der Waals surface area contributed by atoms with E-state index in [1.807, 2.05) is 10.8 Å². The fraction of sp³-hybridized carbons (Fsp3) is 0.400. The van der Waals surface area contributed by atoms with E-state index in [9.17, 15) is 0 Å². The van der Waals surface area contributed by atoms with Crippen LogP contribution in [0.5, 0.6) is 0 Å². The summed E-state index contributed by atoms with van der Waals surface area (Å²) in [7, 11) is 0. The molecular formula is C5H8N2Na. The largest absolute Gasteiger partial charge is 0.338 e. The van der Waals surface area contributed by atoms with Crippen LogP contribution in [-0.4, -0.2) is 39.1 Å². The Morgan fingerprint density at radius 3 is 2.62 bits per heavy atom. The van der Waals surface area contributed by atoms with E-state index < -0.39 is 0 Å². The maximum absolute atomic E-state index is 3.86. The molecule has 0 aromatic carbocycles. The number of hydrogen-bond donors (Lipinski definition) is 0. The van der Waals surface area contributed by atoms with Crippen LogP contribution in [0, 0.1) is 0 Å². The van der Waals surface area contributed by atoms with Crippen molar-refractivity contribution in [3.8, 4) is 0 Å². The first-order chi connectivity index (χ1) is 3.43. The maximum Gasteiger partial charge on any atom is 0.0945 e. The summed E-state index contributed by atoms with van der Waals surface area (Å²) in [6.07, 6.45) is 5.53. The summed E-state index contributed by atoms with van der Waals surface area (Å²) < 4.78 is 2.01. The minimum atomic E-state index is 0. The summed E-state index contributed by atoms with van der Waals surface area (Å²) in [6, 6.07) is 0. The molecule has 1 radical (unpaired) electrons. The SMILES string of the molecule is CCn1ccnc1.[Na]. The quantitative estimate of drug-likeness (QED) is 0.493. The van der Waals surface area contributed by atoms with Crippen molar-refractivity contribution >= 4 is 29.6 Å². The van der Waals surface area contributed by atoms with Crippen LogP contribution in [0.15, 0.2) is 18.7 Å². The van der Waals surface area contributed by atoms with Gasteiger partial charge in [0.05, 0.1) is 6.33 Å². The van der Waals surface area contributed by atoms with E-state index in [0.29, 0.717) is 0 Å². The molecule has 0 bridgehead atoms. The summed E-state index contributed by atoms with van der Waals surface area (Å²) in [6.45, 7) is 3.10. The number of aryl methyl sites for hydroxylation is 1. The first-order valence-electron chi connectivity index (χ1n) is 2.39. The van der Waals surface area contributed by atoms with Gasteiger partial charge in [0.1, 0.15) is 0 Å². The minimum absolute atomic E-state index is 0. The smallest absolute Gasteiger partial charge is 0.0945 e. The summed E-state index contributed by atoms with van der Waals surface area (Å²) in [5.41, 5.74) is 0.